The first-order chi connectivity index (χ1) is 8.22. The normalized spacial score (nSPS) is 24.3. The summed E-state index contributed by atoms with van der Waals surface area (Å²) in [5.74, 6) is 0.690. The average molecular weight is 231 g/mol. The molecule has 2 unspecified atom stereocenters. The summed E-state index contributed by atoms with van der Waals surface area (Å²) in [6.07, 6.45) is 3.76. The molecule has 4 heteroatoms. The summed E-state index contributed by atoms with van der Waals surface area (Å²) in [5, 5.41) is 3.38. The average Bonchev–Trinajstić information content (AvgIpc) is 2.85. The van der Waals surface area contributed by atoms with Crippen molar-refractivity contribution >= 4 is 22.8 Å². The monoisotopic (exact) mass is 231 g/mol. The van der Waals surface area contributed by atoms with Crippen LogP contribution in [-0.2, 0) is 0 Å². The number of fused-ring (bicyclic) bond motifs is 1. The van der Waals surface area contributed by atoms with Gasteiger partial charge >= 0.3 is 0 Å². The maximum absolute atomic E-state index is 5.72. The molecule has 0 aliphatic heterocycles. The quantitative estimate of drug-likeness (QED) is 0.780. The molecule has 0 spiro atoms. The Kier molecular flexibility index (Phi) is 2.42. The van der Waals surface area contributed by atoms with Crippen molar-refractivity contribution in [2.75, 3.05) is 11.1 Å². The van der Waals surface area contributed by atoms with E-state index in [-0.39, 0.29) is 0 Å². The molecule has 0 radical (unpaired) electrons. The van der Waals surface area contributed by atoms with Crippen LogP contribution in [0.25, 0.3) is 11.1 Å². The van der Waals surface area contributed by atoms with E-state index in [0.29, 0.717) is 23.7 Å². The van der Waals surface area contributed by atoms with Gasteiger partial charge in [-0.2, -0.15) is 4.98 Å². The van der Waals surface area contributed by atoms with Gasteiger partial charge in [0, 0.05) is 11.7 Å². The second-order valence-corrected chi connectivity index (χ2v) is 4.91. The zero-order chi connectivity index (χ0) is 11.8. The van der Waals surface area contributed by atoms with Crippen LogP contribution in [0.1, 0.15) is 26.2 Å². The van der Waals surface area contributed by atoms with Crippen molar-refractivity contribution in [2.45, 2.75) is 32.2 Å². The molecular formula is C13H17N3O. The van der Waals surface area contributed by atoms with Gasteiger partial charge in [0.05, 0.1) is 0 Å². The lowest BCUT2D eigenvalue weighted by molar-refractivity contribution is 0.526. The number of hydrogen-bond acceptors (Lipinski definition) is 4. The molecule has 1 aliphatic rings. The number of rotatable bonds is 2. The number of oxazole rings is 1. The van der Waals surface area contributed by atoms with E-state index in [1.165, 1.54) is 19.3 Å². The number of aromatic nitrogens is 1. The van der Waals surface area contributed by atoms with Crippen molar-refractivity contribution < 1.29 is 4.42 Å². The van der Waals surface area contributed by atoms with E-state index in [1.807, 2.05) is 18.2 Å². The van der Waals surface area contributed by atoms with E-state index in [1.54, 1.807) is 0 Å². The maximum atomic E-state index is 5.72. The number of anilines is 2. The van der Waals surface area contributed by atoms with Gasteiger partial charge in [-0.3, -0.25) is 0 Å². The van der Waals surface area contributed by atoms with Gasteiger partial charge in [-0.15, -0.1) is 0 Å². The maximum Gasteiger partial charge on any atom is 0.295 e. The van der Waals surface area contributed by atoms with Crippen LogP contribution in [0.3, 0.4) is 0 Å². The van der Waals surface area contributed by atoms with E-state index in [2.05, 4.69) is 17.2 Å². The summed E-state index contributed by atoms with van der Waals surface area (Å²) < 4.78 is 5.66. The molecule has 0 saturated heterocycles. The fourth-order valence-corrected chi connectivity index (χ4v) is 2.52. The Morgan fingerprint density at radius 3 is 3.06 bits per heavy atom. The molecule has 1 aromatic heterocycles. The highest BCUT2D eigenvalue weighted by atomic mass is 16.4. The lowest BCUT2D eigenvalue weighted by Crippen LogP contribution is -2.21. The Morgan fingerprint density at radius 2 is 2.29 bits per heavy atom. The smallest absolute Gasteiger partial charge is 0.295 e. The van der Waals surface area contributed by atoms with Gasteiger partial charge in [0.25, 0.3) is 6.01 Å². The summed E-state index contributed by atoms with van der Waals surface area (Å²) in [6, 6.07) is 6.63. The molecule has 1 aliphatic carbocycles. The second kappa shape index (κ2) is 3.95. The summed E-state index contributed by atoms with van der Waals surface area (Å²) in [5.41, 5.74) is 8.03. The van der Waals surface area contributed by atoms with Crippen LogP contribution in [0, 0.1) is 5.92 Å². The van der Waals surface area contributed by atoms with Gasteiger partial charge < -0.3 is 15.5 Å². The SMILES string of the molecule is CC1CCCC1Nc1nc2cc(N)ccc2o1. The highest BCUT2D eigenvalue weighted by Gasteiger charge is 2.24. The molecule has 2 aromatic rings. The number of nitrogen functional groups attached to an aromatic ring is 1. The van der Waals surface area contributed by atoms with Crippen molar-refractivity contribution in [2.24, 2.45) is 5.92 Å². The number of nitrogens with one attached hydrogen (secondary N) is 1. The summed E-state index contributed by atoms with van der Waals surface area (Å²) >= 11 is 0. The topological polar surface area (TPSA) is 64.1 Å². The molecular weight excluding hydrogens is 214 g/mol. The summed E-state index contributed by atoms with van der Waals surface area (Å²) in [4.78, 5) is 4.41. The first kappa shape index (κ1) is 10.4. The third-order valence-corrected chi connectivity index (χ3v) is 3.58. The molecule has 0 bridgehead atoms. The lowest BCUT2D eigenvalue weighted by atomic mass is 10.1. The number of hydrogen-bond donors (Lipinski definition) is 2. The molecule has 3 N–H and O–H groups in total. The summed E-state index contributed by atoms with van der Waals surface area (Å²) in [6.45, 7) is 2.27. The Balaban J connectivity index is 1.85. The van der Waals surface area contributed by atoms with Gasteiger partial charge in [0.1, 0.15) is 5.52 Å². The molecule has 17 heavy (non-hydrogen) atoms. The van der Waals surface area contributed by atoms with Gasteiger partial charge in [0.15, 0.2) is 5.58 Å². The summed E-state index contributed by atoms with van der Waals surface area (Å²) in [7, 11) is 0. The van der Waals surface area contributed by atoms with Gasteiger partial charge in [-0.05, 0) is 37.0 Å². The van der Waals surface area contributed by atoms with Crippen molar-refractivity contribution in [3.05, 3.63) is 18.2 Å². The molecule has 90 valence electrons. The minimum atomic E-state index is 0.486. The standard InChI is InChI=1S/C13H17N3O/c1-8-3-2-4-10(8)15-13-16-11-7-9(14)5-6-12(11)17-13/h5-8,10H,2-4,14H2,1H3,(H,15,16). The lowest BCUT2D eigenvalue weighted by Gasteiger charge is -2.14. The Bertz CT molecular complexity index is 534. The van der Waals surface area contributed by atoms with E-state index in [4.69, 9.17) is 10.2 Å². The Hall–Kier alpha value is -1.71. The fourth-order valence-electron chi connectivity index (χ4n) is 2.52. The van der Waals surface area contributed by atoms with Crippen molar-refractivity contribution in [3.8, 4) is 0 Å². The van der Waals surface area contributed by atoms with Crippen LogP contribution in [0.2, 0.25) is 0 Å². The minimum absolute atomic E-state index is 0.486. The molecule has 4 nitrogen and oxygen atoms in total. The van der Waals surface area contributed by atoms with E-state index in [9.17, 15) is 0 Å². The first-order valence-corrected chi connectivity index (χ1v) is 6.15. The van der Waals surface area contributed by atoms with E-state index >= 15 is 0 Å². The zero-order valence-corrected chi connectivity index (χ0v) is 9.94. The van der Waals surface area contributed by atoms with Gasteiger partial charge in [0.2, 0.25) is 0 Å². The number of benzene rings is 1. The second-order valence-electron chi connectivity index (χ2n) is 4.91. The van der Waals surface area contributed by atoms with Crippen LogP contribution < -0.4 is 11.1 Å². The van der Waals surface area contributed by atoms with Crippen molar-refractivity contribution in [3.63, 3.8) is 0 Å². The van der Waals surface area contributed by atoms with Crippen LogP contribution in [0.4, 0.5) is 11.7 Å². The molecule has 1 heterocycles. The Morgan fingerprint density at radius 1 is 1.41 bits per heavy atom. The predicted molar refractivity (Wildman–Crippen MR) is 68.8 cm³/mol. The predicted octanol–water partition coefficient (Wildman–Crippen LogP) is 3.01. The van der Waals surface area contributed by atoms with Crippen molar-refractivity contribution in [1.29, 1.82) is 0 Å². The highest BCUT2D eigenvalue weighted by Crippen LogP contribution is 2.29. The largest absolute Gasteiger partial charge is 0.424 e. The molecule has 1 aromatic carbocycles. The number of nitrogens with two attached hydrogens (primary N) is 1. The third-order valence-electron chi connectivity index (χ3n) is 3.58. The van der Waals surface area contributed by atoms with Crippen LogP contribution in [0.5, 0.6) is 0 Å². The Labute approximate surface area is 100 Å². The zero-order valence-electron chi connectivity index (χ0n) is 9.94. The first-order valence-electron chi connectivity index (χ1n) is 6.15. The van der Waals surface area contributed by atoms with Crippen LogP contribution >= 0.6 is 0 Å². The molecule has 0 amide bonds. The third kappa shape index (κ3) is 1.95. The number of nitrogens with zero attached hydrogens (tertiary/aromatic N) is 1. The van der Waals surface area contributed by atoms with E-state index in [0.717, 1.165) is 11.1 Å². The highest BCUT2D eigenvalue weighted by molar-refractivity contribution is 5.78. The van der Waals surface area contributed by atoms with Gasteiger partial charge in [-0.1, -0.05) is 13.3 Å². The molecule has 3 rings (SSSR count). The molecule has 1 saturated carbocycles. The fraction of sp³-hybridized carbons (Fsp3) is 0.462. The van der Waals surface area contributed by atoms with E-state index < -0.39 is 0 Å². The van der Waals surface area contributed by atoms with Gasteiger partial charge in [-0.25, -0.2) is 0 Å². The molecule has 2 atom stereocenters. The molecule has 1 fully saturated rings. The van der Waals surface area contributed by atoms with Crippen LogP contribution in [0.15, 0.2) is 22.6 Å². The van der Waals surface area contributed by atoms with Crippen LogP contribution in [-0.4, -0.2) is 11.0 Å². The van der Waals surface area contributed by atoms with Crippen molar-refractivity contribution in [1.82, 2.24) is 4.98 Å². The minimum Gasteiger partial charge on any atom is -0.424 e.